The summed E-state index contributed by atoms with van der Waals surface area (Å²) in [7, 11) is 0. The largest absolute Gasteiger partial charge is 0.346 e. The van der Waals surface area contributed by atoms with Crippen molar-refractivity contribution in [2.24, 2.45) is 5.92 Å². The molecular formula is C21H32N4O2. The monoisotopic (exact) mass is 372 g/mol. The molecule has 0 aromatic carbocycles. The molecule has 2 aliphatic carbocycles. The van der Waals surface area contributed by atoms with Crippen LogP contribution < -0.4 is 5.32 Å². The van der Waals surface area contributed by atoms with Crippen LogP contribution in [0.3, 0.4) is 0 Å². The van der Waals surface area contributed by atoms with Gasteiger partial charge in [0.05, 0.1) is 0 Å². The Morgan fingerprint density at radius 1 is 1.00 bits per heavy atom. The maximum atomic E-state index is 12.7. The Morgan fingerprint density at radius 2 is 1.70 bits per heavy atom. The van der Waals surface area contributed by atoms with Crippen LogP contribution >= 0.6 is 0 Å². The fraction of sp³-hybridized carbons (Fsp3) is 0.762. The number of nitrogens with zero attached hydrogens (tertiary/aromatic N) is 2. The maximum Gasteiger partial charge on any atom is 0.272 e. The molecule has 0 bridgehead atoms. The number of H-pyrrole nitrogens is 1. The van der Waals surface area contributed by atoms with Crippen molar-refractivity contribution in [1.29, 1.82) is 0 Å². The number of likely N-dealkylation sites (tertiary alicyclic amines) is 1. The zero-order valence-corrected chi connectivity index (χ0v) is 16.2. The van der Waals surface area contributed by atoms with E-state index >= 15 is 0 Å². The zero-order chi connectivity index (χ0) is 18.6. The lowest BCUT2D eigenvalue weighted by Gasteiger charge is -2.26. The number of aromatic amines is 1. The SMILES string of the molecule is O=C(NC1CCN(C(=O)C2CCCCC2)C1)c1cc(C2CCCCC2)[nH]n1. The van der Waals surface area contributed by atoms with Gasteiger partial charge in [-0.3, -0.25) is 14.7 Å². The summed E-state index contributed by atoms with van der Waals surface area (Å²) < 4.78 is 0. The van der Waals surface area contributed by atoms with Crippen molar-refractivity contribution in [3.8, 4) is 0 Å². The van der Waals surface area contributed by atoms with Crippen LogP contribution in [-0.4, -0.2) is 46.0 Å². The summed E-state index contributed by atoms with van der Waals surface area (Å²) in [6.45, 7) is 1.40. The first-order valence-electron chi connectivity index (χ1n) is 10.9. The van der Waals surface area contributed by atoms with Gasteiger partial charge in [-0.15, -0.1) is 0 Å². The molecule has 1 aromatic heterocycles. The van der Waals surface area contributed by atoms with Crippen LogP contribution in [-0.2, 0) is 4.79 Å². The van der Waals surface area contributed by atoms with Crippen molar-refractivity contribution >= 4 is 11.8 Å². The topological polar surface area (TPSA) is 78.1 Å². The highest BCUT2D eigenvalue weighted by Crippen LogP contribution is 2.31. The molecule has 4 rings (SSSR count). The predicted molar refractivity (Wildman–Crippen MR) is 103 cm³/mol. The van der Waals surface area contributed by atoms with E-state index in [-0.39, 0.29) is 17.9 Å². The highest BCUT2D eigenvalue weighted by molar-refractivity contribution is 5.92. The Bertz CT molecular complexity index is 659. The van der Waals surface area contributed by atoms with Crippen LogP contribution in [0.2, 0.25) is 0 Å². The van der Waals surface area contributed by atoms with E-state index in [1.807, 2.05) is 11.0 Å². The average molecular weight is 373 g/mol. The van der Waals surface area contributed by atoms with E-state index in [4.69, 9.17) is 0 Å². The first kappa shape index (κ1) is 18.5. The second-order valence-electron chi connectivity index (χ2n) is 8.62. The number of carbonyl (C=O) groups is 2. The summed E-state index contributed by atoms with van der Waals surface area (Å²) >= 11 is 0. The van der Waals surface area contributed by atoms with Gasteiger partial charge in [-0.25, -0.2) is 0 Å². The van der Waals surface area contributed by atoms with Gasteiger partial charge in [-0.05, 0) is 38.2 Å². The Balaban J connectivity index is 1.28. The molecule has 3 aliphatic rings. The Labute approximate surface area is 161 Å². The summed E-state index contributed by atoms with van der Waals surface area (Å²) in [5.74, 6) is 0.900. The molecule has 0 spiro atoms. The third-order valence-electron chi connectivity index (χ3n) is 6.66. The van der Waals surface area contributed by atoms with Crippen molar-refractivity contribution in [3.05, 3.63) is 17.5 Å². The van der Waals surface area contributed by atoms with Gasteiger partial charge in [-0.2, -0.15) is 5.10 Å². The highest BCUT2D eigenvalue weighted by atomic mass is 16.2. The molecular weight excluding hydrogens is 340 g/mol. The van der Waals surface area contributed by atoms with Crippen molar-refractivity contribution < 1.29 is 9.59 Å². The quantitative estimate of drug-likeness (QED) is 0.850. The smallest absolute Gasteiger partial charge is 0.272 e. The highest BCUT2D eigenvalue weighted by Gasteiger charge is 2.32. The molecule has 2 heterocycles. The minimum Gasteiger partial charge on any atom is -0.346 e. The lowest BCUT2D eigenvalue weighted by atomic mass is 9.87. The molecule has 1 aromatic rings. The Kier molecular flexibility index (Phi) is 5.79. The molecule has 6 heteroatoms. The van der Waals surface area contributed by atoms with Gasteiger partial charge in [0.1, 0.15) is 5.69 Å². The van der Waals surface area contributed by atoms with Gasteiger partial charge >= 0.3 is 0 Å². The summed E-state index contributed by atoms with van der Waals surface area (Å²) in [5.41, 5.74) is 1.58. The second kappa shape index (κ2) is 8.44. The summed E-state index contributed by atoms with van der Waals surface area (Å²) in [4.78, 5) is 27.2. The van der Waals surface area contributed by atoms with E-state index < -0.39 is 0 Å². The first-order valence-corrected chi connectivity index (χ1v) is 10.9. The number of carbonyl (C=O) groups excluding carboxylic acids is 2. The van der Waals surface area contributed by atoms with Gasteiger partial charge in [0.25, 0.3) is 5.91 Å². The molecule has 0 radical (unpaired) electrons. The molecule has 1 aliphatic heterocycles. The number of nitrogens with one attached hydrogen (secondary N) is 2. The predicted octanol–water partition coefficient (Wildman–Crippen LogP) is 3.37. The molecule has 3 fully saturated rings. The van der Waals surface area contributed by atoms with Crippen molar-refractivity contribution in [2.75, 3.05) is 13.1 Å². The van der Waals surface area contributed by atoms with Crippen LogP contribution in [0.1, 0.15) is 92.7 Å². The lowest BCUT2D eigenvalue weighted by Crippen LogP contribution is -2.40. The minimum atomic E-state index is -0.120. The van der Waals surface area contributed by atoms with E-state index in [1.165, 1.54) is 51.4 Å². The van der Waals surface area contributed by atoms with Crippen LogP contribution in [0.4, 0.5) is 0 Å². The number of hydrogen-bond acceptors (Lipinski definition) is 3. The molecule has 1 saturated heterocycles. The Hall–Kier alpha value is -1.85. The third-order valence-corrected chi connectivity index (χ3v) is 6.66. The molecule has 2 saturated carbocycles. The molecule has 1 unspecified atom stereocenters. The summed E-state index contributed by atoms with van der Waals surface area (Å²) in [5, 5.41) is 10.4. The molecule has 27 heavy (non-hydrogen) atoms. The number of aromatic nitrogens is 2. The molecule has 1 atom stereocenters. The van der Waals surface area contributed by atoms with Crippen LogP contribution in [0, 0.1) is 5.92 Å². The van der Waals surface area contributed by atoms with Crippen LogP contribution in [0.5, 0.6) is 0 Å². The maximum absolute atomic E-state index is 12.7. The van der Waals surface area contributed by atoms with E-state index in [1.54, 1.807) is 0 Å². The van der Waals surface area contributed by atoms with E-state index in [0.29, 0.717) is 24.1 Å². The van der Waals surface area contributed by atoms with Crippen molar-refractivity contribution in [2.45, 2.75) is 82.6 Å². The first-order chi connectivity index (χ1) is 13.2. The summed E-state index contributed by atoms with van der Waals surface area (Å²) in [6, 6.07) is 1.96. The fourth-order valence-electron chi connectivity index (χ4n) is 5.02. The van der Waals surface area contributed by atoms with E-state index in [0.717, 1.165) is 31.5 Å². The van der Waals surface area contributed by atoms with Crippen LogP contribution in [0.25, 0.3) is 0 Å². The molecule has 2 N–H and O–H groups in total. The van der Waals surface area contributed by atoms with Crippen molar-refractivity contribution in [3.63, 3.8) is 0 Å². The van der Waals surface area contributed by atoms with E-state index in [2.05, 4.69) is 15.5 Å². The third kappa shape index (κ3) is 4.36. The average Bonchev–Trinajstić information content (AvgIpc) is 3.39. The molecule has 2 amide bonds. The van der Waals surface area contributed by atoms with Crippen LogP contribution in [0.15, 0.2) is 6.07 Å². The van der Waals surface area contributed by atoms with Gasteiger partial charge in [-0.1, -0.05) is 38.5 Å². The standard InChI is InChI=1S/C21H32N4O2/c26-20(19-13-18(23-24-19)15-7-3-1-4-8-15)22-17-11-12-25(14-17)21(27)16-9-5-2-6-10-16/h13,15-17H,1-12,14H2,(H,22,26)(H,23,24). The lowest BCUT2D eigenvalue weighted by molar-refractivity contribution is -0.135. The number of amides is 2. The van der Waals surface area contributed by atoms with E-state index in [9.17, 15) is 9.59 Å². The van der Waals surface area contributed by atoms with Gasteiger partial charge in [0, 0.05) is 36.7 Å². The molecule has 148 valence electrons. The van der Waals surface area contributed by atoms with Gasteiger partial charge in [0.2, 0.25) is 5.91 Å². The number of rotatable bonds is 4. The second-order valence-corrected chi connectivity index (χ2v) is 8.62. The Morgan fingerprint density at radius 3 is 2.44 bits per heavy atom. The number of hydrogen-bond donors (Lipinski definition) is 2. The minimum absolute atomic E-state index is 0.0415. The zero-order valence-electron chi connectivity index (χ0n) is 16.2. The summed E-state index contributed by atoms with van der Waals surface area (Å²) in [6.07, 6.45) is 12.7. The fourth-order valence-corrected chi connectivity index (χ4v) is 5.02. The van der Waals surface area contributed by atoms with Crippen molar-refractivity contribution in [1.82, 2.24) is 20.4 Å². The normalized spacial score (nSPS) is 24.9. The van der Waals surface area contributed by atoms with Gasteiger partial charge < -0.3 is 10.2 Å². The molecule has 6 nitrogen and oxygen atoms in total. The van der Waals surface area contributed by atoms with Gasteiger partial charge in [0.15, 0.2) is 0 Å².